The Labute approximate surface area is 98.8 Å². The first-order chi connectivity index (χ1) is 7.58. The Bertz CT molecular complexity index is 228. The predicted molar refractivity (Wildman–Crippen MR) is 65.0 cm³/mol. The minimum Gasteiger partial charge on any atom is -0.396 e. The molecule has 1 amide bonds. The molecule has 1 heterocycles. The Morgan fingerprint density at radius 1 is 1.50 bits per heavy atom. The summed E-state index contributed by atoms with van der Waals surface area (Å²) >= 11 is 0. The molecule has 3 nitrogen and oxygen atoms in total. The number of hydrogen-bond acceptors (Lipinski definition) is 2. The van der Waals surface area contributed by atoms with E-state index in [2.05, 4.69) is 20.8 Å². The van der Waals surface area contributed by atoms with Crippen LogP contribution in [-0.4, -0.2) is 35.6 Å². The molecule has 0 bridgehead atoms. The number of hydrogen-bond donors (Lipinski definition) is 1. The van der Waals surface area contributed by atoms with Crippen molar-refractivity contribution in [3.05, 3.63) is 0 Å². The number of carbonyl (C=O) groups excluding carboxylic acids is 1. The van der Waals surface area contributed by atoms with E-state index in [1.807, 2.05) is 4.90 Å². The molecule has 1 N–H and O–H groups in total. The molecule has 3 heteroatoms. The monoisotopic (exact) mass is 227 g/mol. The zero-order valence-corrected chi connectivity index (χ0v) is 10.8. The Morgan fingerprint density at radius 2 is 2.19 bits per heavy atom. The Kier molecular flexibility index (Phi) is 5.26. The molecular weight excluding hydrogens is 202 g/mol. The number of aliphatic hydroxyl groups excluding tert-OH is 1. The Hall–Kier alpha value is -0.570. The van der Waals surface area contributed by atoms with E-state index in [1.165, 1.54) is 0 Å². The van der Waals surface area contributed by atoms with Crippen molar-refractivity contribution in [1.29, 1.82) is 0 Å². The second-order valence-electron chi connectivity index (χ2n) is 5.29. The number of carbonyl (C=O) groups is 1. The fourth-order valence-electron chi connectivity index (χ4n) is 2.41. The van der Waals surface area contributed by atoms with Crippen molar-refractivity contribution in [3.63, 3.8) is 0 Å². The summed E-state index contributed by atoms with van der Waals surface area (Å²) in [5.74, 6) is 1.66. The van der Waals surface area contributed by atoms with Gasteiger partial charge in [-0.15, -0.1) is 0 Å². The molecule has 1 aliphatic heterocycles. The molecule has 1 aliphatic rings. The third kappa shape index (κ3) is 3.48. The highest BCUT2D eigenvalue weighted by Gasteiger charge is 2.27. The summed E-state index contributed by atoms with van der Waals surface area (Å²) in [6.45, 7) is 8.32. The normalized spacial score (nSPS) is 22.8. The van der Waals surface area contributed by atoms with Gasteiger partial charge in [0.25, 0.3) is 0 Å². The van der Waals surface area contributed by atoms with E-state index < -0.39 is 0 Å². The maximum Gasteiger partial charge on any atom is 0.222 e. The molecule has 1 fully saturated rings. The molecule has 2 atom stereocenters. The van der Waals surface area contributed by atoms with E-state index >= 15 is 0 Å². The number of nitrogens with zero attached hydrogens (tertiary/aromatic N) is 1. The number of rotatable bonds is 5. The van der Waals surface area contributed by atoms with Crippen molar-refractivity contribution < 1.29 is 9.90 Å². The third-order valence-electron chi connectivity index (χ3n) is 3.80. The maximum absolute atomic E-state index is 12.0. The SMILES string of the molecule is CCC(CC(=O)N1CCC(CO)C1)C(C)C. The van der Waals surface area contributed by atoms with E-state index in [4.69, 9.17) is 5.11 Å². The molecule has 0 spiro atoms. The van der Waals surface area contributed by atoms with Crippen LogP contribution in [0.15, 0.2) is 0 Å². The van der Waals surface area contributed by atoms with Crippen LogP contribution in [0, 0.1) is 17.8 Å². The lowest BCUT2D eigenvalue weighted by Gasteiger charge is -2.22. The minimum atomic E-state index is 0.213. The van der Waals surface area contributed by atoms with Crippen molar-refractivity contribution >= 4 is 5.91 Å². The van der Waals surface area contributed by atoms with Crippen LogP contribution in [-0.2, 0) is 4.79 Å². The average Bonchev–Trinajstić information content (AvgIpc) is 2.73. The van der Waals surface area contributed by atoms with Gasteiger partial charge in [-0.1, -0.05) is 27.2 Å². The second kappa shape index (κ2) is 6.24. The maximum atomic E-state index is 12.0. The number of likely N-dealkylation sites (tertiary alicyclic amines) is 1. The summed E-state index contributed by atoms with van der Waals surface area (Å²) in [5.41, 5.74) is 0. The van der Waals surface area contributed by atoms with Crippen molar-refractivity contribution in [2.24, 2.45) is 17.8 Å². The Morgan fingerprint density at radius 3 is 2.62 bits per heavy atom. The molecule has 0 aromatic rings. The van der Waals surface area contributed by atoms with E-state index in [9.17, 15) is 4.79 Å². The summed E-state index contributed by atoms with van der Waals surface area (Å²) in [7, 11) is 0. The van der Waals surface area contributed by atoms with Gasteiger partial charge in [0.15, 0.2) is 0 Å². The topological polar surface area (TPSA) is 40.5 Å². The van der Waals surface area contributed by atoms with Crippen molar-refractivity contribution in [2.45, 2.75) is 40.0 Å². The van der Waals surface area contributed by atoms with Gasteiger partial charge in [-0.3, -0.25) is 4.79 Å². The molecule has 94 valence electrons. The third-order valence-corrected chi connectivity index (χ3v) is 3.80. The minimum absolute atomic E-state index is 0.213. The van der Waals surface area contributed by atoms with Crippen LogP contribution in [0.4, 0.5) is 0 Å². The number of amides is 1. The molecule has 0 radical (unpaired) electrons. The van der Waals surface area contributed by atoms with Gasteiger partial charge in [0.05, 0.1) is 0 Å². The largest absolute Gasteiger partial charge is 0.396 e. The molecule has 0 aromatic heterocycles. The lowest BCUT2D eigenvalue weighted by atomic mass is 9.90. The molecule has 16 heavy (non-hydrogen) atoms. The highest BCUT2D eigenvalue weighted by molar-refractivity contribution is 5.76. The molecule has 1 rings (SSSR count). The zero-order chi connectivity index (χ0) is 12.1. The van der Waals surface area contributed by atoms with Crippen LogP contribution in [0.5, 0.6) is 0 Å². The second-order valence-corrected chi connectivity index (χ2v) is 5.29. The zero-order valence-electron chi connectivity index (χ0n) is 10.8. The average molecular weight is 227 g/mol. The van der Waals surface area contributed by atoms with Gasteiger partial charge in [0, 0.05) is 32.0 Å². The van der Waals surface area contributed by atoms with Crippen LogP contribution < -0.4 is 0 Å². The molecular formula is C13H25NO2. The molecule has 2 unspecified atom stereocenters. The van der Waals surface area contributed by atoms with Gasteiger partial charge in [-0.25, -0.2) is 0 Å². The summed E-state index contributed by atoms with van der Waals surface area (Å²) in [6, 6.07) is 0. The van der Waals surface area contributed by atoms with Crippen LogP contribution in [0.2, 0.25) is 0 Å². The first-order valence-electron chi connectivity index (χ1n) is 6.47. The van der Waals surface area contributed by atoms with E-state index in [-0.39, 0.29) is 12.5 Å². The summed E-state index contributed by atoms with van der Waals surface area (Å²) in [6.07, 6.45) is 2.70. The van der Waals surface area contributed by atoms with Gasteiger partial charge >= 0.3 is 0 Å². The summed E-state index contributed by atoms with van der Waals surface area (Å²) in [4.78, 5) is 13.9. The molecule has 0 aromatic carbocycles. The fourth-order valence-corrected chi connectivity index (χ4v) is 2.41. The van der Waals surface area contributed by atoms with E-state index in [0.717, 1.165) is 25.9 Å². The molecule has 0 saturated carbocycles. The number of aliphatic hydroxyl groups is 1. The van der Waals surface area contributed by atoms with Crippen molar-refractivity contribution in [2.75, 3.05) is 19.7 Å². The van der Waals surface area contributed by atoms with Crippen LogP contribution in [0.25, 0.3) is 0 Å². The van der Waals surface area contributed by atoms with E-state index in [1.54, 1.807) is 0 Å². The van der Waals surface area contributed by atoms with Crippen molar-refractivity contribution in [1.82, 2.24) is 4.90 Å². The van der Waals surface area contributed by atoms with Gasteiger partial charge in [0.2, 0.25) is 5.91 Å². The predicted octanol–water partition coefficient (Wildman–Crippen LogP) is 1.90. The highest BCUT2D eigenvalue weighted by atomic mass is 16.3. The summed E-state index contributed by atoms with van der Waals surface area (Å²) in [5, 5.41) is 9.04. The fraction of sp³-hybridized carbons (Fsp3) is 0.923. The lowest BCUT2D eigenvalue weighted by molar-refractivity contribution is -0.131. The van der Waals surface area contributed by atoms with Gasteiger partial charge in [-0.2, -0.15) is 0 Å². The Balaban J connectivity index is 2.40. The molecule has 0 aliphatic carbocycles. The van der Waals surface area contributed by atoms with Gasteiger partial charge in [0.1, 0.15) is 0 Å². The quantitative estimate of drug-likeness (QED) is 0.779. The smallest absolute Gasteiger partial charge is 0.222 e. The highest BCUT2D eigenvalue weighted by Crippen LogP contribution is 2.22. The van der Waals surface area contributed by atoms with Crippen molar-refractivity contribution in [3.8, 4) is 0 Å². The van der Waals surface area contributed by atoms with Crippen LogP contribution >= 0.6 is 0 Å². The lowest BCUT2D eigenvalue weighted by Crippen LogP contribution is -2.31. The summed E-state index contributed by atoms with van der Waals surface area (Å²) < 4.78 is 0. The van der Waals surface area contributed by atoms with Crippen LogP contribution in [0.3, 0.4) is 0 Å². The van der Waals surface area contributed by atoms with Gasteiger partial charge in [-0.05, 0) is 18.3 Å². The first kappa shape index (κ1) is 13.5. The van der Waals surface area contributed by atoms with Crippen LogP contribution in [0.1, 0.15) is 40.0 Å². The molecule has 1 saturated heterocycles. The van der Waals surface area contributed by atoms with E-state index in [0.29, 0.717) is 24.2 Å². The first-order valence-corrected chi connectivity index (χ1v) is 6.47. The standard InChI is InChI=1S/C13H25NO2/c1-4-12(10(2)3)7-13(16)14-6-5-11(8-14)9-15/h10-12,15H,4-9H2,1-3H3. The van der Waals surface area contributed by atoms with Gasteiger partial charge < -0.3 is 10.0 Å².